The van der Waals surface area contributed by atoms with Crippen LogP contribution in [0.1, 0.15) is 20.3 Å². The number of carbonyl (C=O) groups is 2. The first kappa shape index (κ1) is 15.6. The van der Waals surface area contributed by atoms with Crippen molar-refractivity contribution in [3.8, 4) is 0 Å². The molecule has 0 saturated heterocycles. The van der Waals surface area contributed by atoms with Crippen molar-refractivity contribution in [2.75, 3.05) is 20.3 Å². The zero-order valence-corrected chi connectivity index (χ0v) is 10.4. The Hall–Kier alpha value is -1.40. The highest BCUT2D eigenvalue weighted by atomic mass is 16.7. The summed E-state index contributed by atoms with van der Waals surface area (Å²) in [5, 5.41) is 0. The van der Waals surface area contributed by atoms with Crippen LogP contribution in [0, 0.1) is 0 Å². The van der Waals surface area contributed by atoms with E-state index in [9.17, 15) is 9.59 Å². The standard InChI is InChI=1S/C11H19NO5/c1-4-16-11(15-3)9(12)5-6-17-10(14)7-8(2)13/h5,11H,4,6-7,12H2,1-3H3. The molecule has 1 unspecified atom stereocenters. The van der Waals surface area contributed by atoms with E-state index in [1.54, 1.807) is 0 Å². The highest BCUT2D eigenvalue weighted by molar-refractivity contribution is 5.94. The van der Waals surface area contributed by atoms with Crippen molar-refractivity contribution in [2.45, 2.75) is 26.6 Å². The second-order valence-electron chi connectivity index (χ2n) is 3.29. The van der Waals surface area contributed by atoms with E-state index in [4.69, 9.17) is 19.9 Å². The molecule has 6 nitrogen and oxygen atoms in total. The molecular weight excluding hydrogens is 226 g/mol. The van der Waals surface area contributed by atoms with Gasteiger partial charge in [-0.2, -0.15) is 0 Å². The molecule has 98 valence electrons. The van der Waals surface area contributed by atoms with Crippen LogP contribution in [-0.2, 0) is 23.8 Å². The van der Waals surface area contributed by atoms with Gasteiger partial charge in [-0.25, -0.2) is 0 Å². The van der Waals surface area contributed by atoms with E-state index >= 15 is 0 Å². The Kier molecular flexibility index (Phi) is 8.00. The molecule has 0 spiro atoms. The minimum Gasteiger partial charge on any atom is -0.461 e. The number of carbonyl (C=O) groups excluding carboxylic acids is 2. The van der Waals surface area contributed by atoms with Gasteiger partial charge in [0.15, 0.2) is 6.29 Å². The van der Waals surface area contributed by atoms with E-state index in [2.05, 4.69) is 0 Å². The average molecular weight is 245 g/mol. The Morgan fingerprint density at radius 1 is 1.41 bits per heavy atom. The second kappa shape index (κ2) is 8.72. The van der Waals surface area contributed by atoms with Gasteiger partial charge >= 0.3 is 5.97 Å². The highest BCUT2D eigenvalue weighted by Gasteiger charge is 2.10. The fraction of sp³-hybridized carbons (Fsp3) is 0.636. The molecule has 0 aromatic heterocycles. The molecule has 2 N–H and O–H groups in total. The summed E-state index contributed by atoms with van der Waals surface area (Å²) >= 11 is 0. The number of ketones is 1. The molecule has 0 aliphatic heterocycles. The smallest absolute Gasteiger partial charge is 0.313 e. The summed E-state index contributed by atoms with van der Waals surface area (Å²) in [6.45, 7) is 3.58. The van der Waals surface area contributed by atoms with Crippen LogP contribution < -0.4 is 5.73 Å². The van der Waals surface area contributed by atoms with Crippen molar-refractivity contribution < 1.29 is 23.8 Å². The third-order valence-corrected chi connectivity index (χ3v) is 1.76. The SMILES string of the molecule is CCOC(OC)C(N)=CCOC(=O)CC(C)=O. The van der Waals surface area contributed by atoms with Crippen LogP contribution in [0.4, 0.5) is 0 Å². The minimum atomic E-state index is -0.647. The molecule has 0 amide bonds. The summed E-state index contributed by atoms with van der Waals surface area (Å²) < 4.78 is 14.9. The van der Waals surface area contributed by atoms with Crippen molar-refractivity contribution in [3.63, 3.8) is 0 Å². The first-order valence-corrected chi connectivity index (χ1v) is 5.26. The number of nitrogens with two attached hydrogens (primary N) is 1. The van der Waals surface area contributed by atoms with Crippen molar-refractivity contribution in [1.29, 1.82) is 0 Å². The van der Waals surface area contributed by atoms with E-state index in [0.717, 1.165) is 0 Å². The van der Waals surface area contributed by atoms with E-state index in [0.29, 0.717) is 12.3 Å². The van der Waals surface area contributed by atoms with Crippen LogP contribution >= 0.6 is 0 Å². The Bertz CT molecular complexity index is 288. The van der Waals surface area contributed by atoms with Gasteiger partial charge in [-0.1, -0.05) is 0 Å². The summed E-state index contributed by atoms with van der Waals surface area (Å²) in [4.78, 5) is 21.6. The summed E-state index contributed by atoms with van der Waals surface area (Å²) in [6.07, 6.45) is 0.598. The number of esters is 1. The maximum Gasteiger partial charge on any atom is 0.313 e. The summed E-state index contributed by atoms with van der Waals surface area (Å²) in [5.41, 5.74) is 5.98. The number of rotatable bonds is 8. The quantitative estimate of drug-likeness (QED) is 0.377. The molecule has 0 aliphatic rings. The maximum atomic E-state index is 11.0. The van der Waals surface area contributed by atoms with Crippen LogP contribution in [-0.4, -0.2) is 38.4 Å². The van der Waals surface area contributed by atoms with Crippen molar-refractivity contribution in [1.82, 2.24) is 0 Å². The Balaban J connectivity index is 4.05. The minimum absolute atomic E-state index is 0.00905. The predicted octanol–water partition coefficient (Wildman–Crippen LogP) is 0.360. The molecule has 0 fully saturated rings. The number of Topliss-reactive ketones (excluding diaryl/α,β-unsaturated/α-hetero) is 1. The average Bonchev–Trinajstić information content (AvgIpc) is 2.24. The summed E-state index contributed by atoms with van der Waals surface area (Å²) in [7, 11) is 1.46. The lowest BCUT2D eigenvalue weighted by Crippen LogP contribution is -2.24. The first-order valence-electron chi connectivity index (χ1n) is 5.26. The third-order valence-electron chi connectivity index (χ3n) is 1.76. The van der Waals surface area contributed by atoms with Gasteiger partial charge < -0.3 is 19.9 Å². The van der Waals surface area contributed by atoms with Gasteiger partial charge in [0.05, 0.1) is 5.70 Å². The Labute approximate surface area is 101 Å². The summed E-state index contributed by atoms with van der Waals surface area (Å²) in [5.74, 6) is -0.817. The Morgan fingerprint density at radius 3 is 2.53 bits per heavy atom. The molecule has 6 heteroatoms. The van der Waals surface area contributed by atoms with Crippen molar-refractivity contribution in [3.05, 3.63) is 11.8 Å². The topological polar surface area (TPSA) is 87.8 Å². The molecule has 0 aromatic carbocycles. The lowest BCUT2D eigenvalue weighted by Gasteiger charge is -2.15. The normalized spacial score (nSPS) is 13.2. The van der Waals surface area contributed by atoms with Crippen molar-refractivity contribution in [2.24, 2.45) is 5.73 Å². The van der Waals surface area contributed by atoms with E-state index in [1.165, 1.54) is 20.1 Å². The first-order chi connectivity index (χ1) is 8.01. The largest absolute Gasteiger partial charge is 0.461 e. The second-order valence-corrected chi connectivity index (χ2v) is 3.29. The monoisotopic (exact) mass is 245 g/mol. The number of hydrogen-bond donors (Lipinski definition) is 1. The predicted molar refractivity (Wildman–Crippen MR) is 61.0 cm³/mol. The van der Waals surface area contributed by atoms with E-state index in [1.807, 2.05) is 6.92 Å². The van der Waals surface area contributed by atoms with Gasteiger partial charge in [0.2, 0.25) is 0 Å². The highest BCUT2D eigenvalue weighted by Crippen LogP contribution is 2.02. The zero-order valence-electron chi connectivity index (χ0n) is 10.4. The molecule has 0 heterocycles. The van der Waals surface area contributed by atoms with Gasteiger partial charge in [-0.05, 0) is 19.9 Å². The third kappa shape index (κ3) is 7.48. The lowest BCUT2D eigenvalue weighted by molar-refractivity contribution is -0.144. The fourth-order valence-electron chi connectivity index (χ4n) is 1.03. The van der Waals surface area contributed by atoms with Gasteiger partial charge in [-0.3, -0.25) is 9.59 Å². The van der Waals surface area contributed by atoms with Gasteiger partial charge in [0.25, 0.3) is 0 Å². The van der Waals surface area contributed by atoms with Crippen LogP contribution in [0.25, 0.3) is 0 Å². The fourth-order valence-corrected chi connectivity index (χ4v) is 1.03. The molecule has 17 heavy (non-hydrogen) atoms. The maximum absolute atomic E-state index is 11.0. The lowest BCUT2D eigenvalue weighted by atomic mass is 10.3. The van der Waals surface area contributed by atoms with Crippen LogP contribution in [0.15, 0.2) is 11.8 Å². The number of ether oxygens (including phenoxy) is 3. The van der Waals surface area contributed by atoms with Gasteiger partial charge in [0.1, 0.15) is 18.8 Å². The van der Waals surface area contributed by atoms with Gasteiger partial charge in [0, 0.05) is 13.7 Å². The molecule has 0 radical (unpaired) electrons. The van der Waals surface area contributed by atoms with Crippen LogP contribution in [0.5, 0.6) is 0 Å². The molecule has 0 aromatic rings. The molecule has 0 saturated carbocycles. The number of methoxy groups -OCH3 is 1. The van der Waals surface area contributed by atoms with Crippen molar-refractivity contribution >= 4 is 11.8 Å². The Morgan fingerprint density at radius 2 is 2.06 bits per heavy atom. The zero-order chi connectivity index (χ0) is 13.3. The van der Waals surface area contributed by atoms with Gasteiger partial charge in [-0.15, -0.1) is 0 Å². The molecule has 0 aliphatic carbocycles. The molecule has 1 atom stereocenters. The molecule has 0 rings (SSSR count). The number of hydrogen-bond acceptors (Lipinski definition) is 6. The summed E-state index contributed by atoms with van der Waals surface area (Å²) in [6, 6.07) is 0. The van der Waals surface area contributed by atoms with E-state index < -0.39 is 12.3 Å². The molecule has 0 bridgehead atoms. The van der Waals surface area contributed by atoms with E-state index in [-0.39, 0.29) is 18.8 Å². The molecular formula is C11H19NO5. The van der Waals surface area contributed by atoms with Crippen LogP contribution in [0.3, 0.4) is 0 Å². The van der Waals surface area contributed by atoms with Crippen LogP contribution in [0.2, 0.25) is 0 Å².